The topological polar surface area (TPSA) is 117 Å². The normalized spacial score (nSPS) is 11.6. The van der Waals surface area contributed by atoms with Gasteiger partial charge in [0.25, 0.3) is 15.9 Å². The van der Waals surface area contributed by atoms with Crippen molar-refractivity contribution in [3.8, 4) is 11.5 Å². The van der Waals surface area contributed by atoms with Gasteiger partial charge in [-0.25, -0.2) is 8.42 Å². The summed E-state index contributed by atoms with van der Waals surface area (Å²) in [7, 11) is -2.49. The molecule has 0 fully saturated rings. The molecule has 0 aliphatic carbocycles. The quantitative estimate of drug-likeness (QED) is 0.279. The summed E-state index contributed by atoms with van der Waals surface area (Å²) in [5.41, 5.74) is 1.25. The van der Waals surface area contributed by atoms with Crippen molar-refractivity contribution in [1.82, 2.24) is 0 Å². The van der Waals surface area contributed by atoms with Crippen LogP contribution >= 0.6 is 0 Å². The number of hydrogen-bond acceptors (Lipinski definition) is 6. The minimum Gasteiger partial charge on any atom is -0.505 e. The average Bonchev–Trinajstić information content (AvgIpc) is 2.85. The minimum atomic E-state index is -3.92. The van der Waals surface area contributed by atoms with Crippen LogP contribution in [0.1, 0.15) is 15.9 Å². The van der Waals surface area contributed by atoms with Gasteiger partial charge in [0.15, 0.2) is 5.75 Å². The Bertz CT molecular complexity index is 1510. The van der Waals surface area contributed by atoms with E-state index < -0.39 is 15.9 Å². The summed E-state index contributed by atoms with van der Waals surface area (Å²) in [6, 6.07) is 21.0. The van der Waals surface area contributed by atoms with Gasteiger partial charge in [-0.05, 0) is 37.3 Å². The lowest BCUT2D eigenvalue weighted by Gasteiger charge is -2.13. The van der Waals surface area contributed by atoms with Gasteiger partial charge in [-0.2, -0.15) is 0 Å². The number of phenolic OH excluding ortho intramolecular Hbond substituents is 1. The van der Waals surface area contributed by atoms with Crippen LogP contribution in [0.5, 0.6) is 11.5 Å². The predicted molar refractivity (Wildman–Crippen MR) is 129 cm³/mol. The van der Waals surface area contributed by atoms with Gasteiger partial charge in [0, 0.05) is 10.8 Å². The molecule has 0 radical (unpaired) electrons. The Kier molecular flexibility index (Phi) is 6.29. The predicted octanol–water partition coefficient (Wildman–Crippen LogP) is 5.59. The van der Waals surface area contributed by atoms with Gasteiger partial charge in [0.1, 0.15) is 11.4 Å². The Morgan fingerprint density at radius 2 is 1.59 bits per heavy atom. The zero-order valence-electron chi connectivity index (χ0n) is 18.4. The summed E-state index contributed by atoms with van der Waals surface area (Å²) < 4.78 is 33.7. The fourth-order valence-electron chi connectivity index (χ4n) is 3.40. The second kappa shape index (κ2) is 9.32. The first-order chi connectivity index (χ1) is 16.3. The summed E-state index contributed by atoms with van der Waals surface area (Å²) in [5.74, 6) is -0.571. The van der Waals surface area contributed by atoms with E-state index in [0.29, 0.717) is 16.5 Å². The maximum absolute atomic E-state index is 13.0. The molecule has 4 aromatic carbocycles. The molecule has 0 aliphatic heterocycles. The third-order valence-electron chi connectivity index (χ3n) is 5.16. The summed E-state index contributed by atoms with van der Waals surface area (Å²) in [5, 5.41) is 19.2. The van der Waals surface area contributed by atoms with Gasteiger partial charge in [-0.15, -0.1) is 10.2 Å². The van der Waals surface area contributed by atoms with Crippen molar-refractivity contribution in [2.24, 2.45) is 10.2 Å². The Hall–Kier alpha value is -4.24. The molecule has 0 aliphatic rings. The molecule has 172 valence electrons. The third-order valence-corrected chi connectivity index (χ3v) is 6.54. The molecule has 0 saturated heterocycles. The van der Waals surface area contributed by atoms with Crippen molar-refractivity contribution >= 4 is 38.1 Å². The molecule has 0 aromatic heterocycles. The van der Waals surface area contributed by atoms with Crippen molar-refractivity contribution in [3.05, 3.63) is 90.0 Å². The molecule has 2 N–H and O–H groups in total. The first-order valence-corrected chi connectivity index (χ1v) is 11.7. The van der Waals surface area contributed by atoms with Gasteiger partial charge >= 0.3 is 0 Å². The summed E-state index contributed by atoms with van der Waals surface area (Å²) in [4.78, 5) is 12.7. The third kappa shape index (κ3) is 4.60. The van der Waals surface area contributed by atoms with Crippen LogP contribution in [-0.2, 0) is 10.0 Å². The number of azo groups is 1. The standard InChI is InChI=1S/C25H21N3O5S/c1-16-11-13-17(14-12-16)34(31,32)28-21-15-22(24(29)19-8-4-3-7-18(19)21)26-27-25(30)20-9-5-6-10-23(20)33-2/h3-15,28-29H,1-2H3. The molecule has 1 amide bonds. The Morgan fingerprint density at radius 3 is 2.29 bits per heavy atom. The Morgan fingerprint density at radius 1 is 0.941 bits per heavy atom. The van der Waals surface area contributed by atoms with Crippen LogP contribution in [-0.4, -0.2) is 26.5 Å². The summed E-state index contributed by atoms with van der Waals surface area (Å²) in [6.45, 7) is 1.86. The molecule has 0 bridgehead atoms. The molecule has 0 saturated carbocycles. The number of fused-ring (bicyclic) bond motifs is 1. The minimum absolute atomic E-state index is 0.0662. The molecular formula is C25H21N3O5S. The lowest BCUT2D eigenvalue weighted by atomic mass is 10.1. The first kappa shape index (κ1) is 22.9. The largest absolute Gasteiger partial charge is 0.505 e. The molecule has 4 aromatic rings. The number of aromatic hydroxyl groups is 1. The van der Waals surface area contributed by atoms with Gasteiger partial charge in [-0.1, -0.05) is 54.1 Å². The lowest BCUT2D eigenvalue weighted by Crippen LogP contribution is -2.13. The molecular weight excluding hydrogens is 454 g/mol. The number of aryl methyl sites for hydroxylation is 1. The van der Waals surface area contributed by atoms with Crippen molar-refractivity contribution in [2.75, 3.05) is 11.8 Å². The van der Waals surface area contributed by atoms with Crippen molar-refractivity contribution in [2.45, 2.75) is 11.8 Å². The van der Waals surface area contributed by atoms with Crippen LogP contribution < -0.4 is 9.46 Å². The van der Waals surface area contributed by atoms with Gasteiger partial charge in [0.2, 0.25) is 0 Å². The van der Waals surface area contributed by atoms with E-state index in [0.717, 1.165) is 5.56 Å². The number of methoxy groups -OCH3 is 1. The van der Waals surface area contributed by atoms with E-state index >= 15 is 0 Å². The average molecular weight is 476 g/mol. The maximum atomic E-state index is 13.0. The molecule has 4 rings (SSSR count). The van der Waals surface area contributed by atoms with E-state index in [1.54, 1.807) is 60.7 Å². The summed E-state index contributed by atoms with van der Waals surface area (Å²) >= 11 is 0. The van der Waals surface area contributed by atoms with Crippen molar-refractivity contribution in [1.29, 1.82) is 0 Å². The van der Waals surface area contributed by atoms with E-state index in [2.05, 4.69) is 15.0 Å². The highest BCUT2D eigenvalue weighted by Crippen LogP contribution is 2.40. The second-order valence-corrected chi connectivity index (χ2v) is 9.14. The lowest BCUT2D eigenvalue weighted by molar-refractivity contribution is 0.0992. The number of sulfonamides is 1. The Balaban J connectivity index is 1.76. The molecule has 0 atom stereocenters. The van der Waals surface area contributed by atoms with Crippen molar-refractivity contribution in [3.63, 3.8) is 0 Å². The number of rotatable bonds is 6. The number of nitrogens with zero attached hydrogens (tertiary/aromatic N) is 2. The number of carbonyl (C=O) groups is 1. The molecule has 9 heteroatoms. The number of hydrogen-bond donors (Lipinski definition) is 2. The van der Waals surface area contributed by atoms with E-state index in [-0.39, 0.29) is 27.6 Å². The number of anilines is 1. The fourth-order valence-corrected chi connectivity index (χ4v) is 4.47. The number of benzene rings is 4. The molecule has 0 spiro atoms. The zero-order valence-corrected chi connectivity index (χ0v) is 19.2. The highest BCUT2D eigenvalue weighted by molar-refractivity contribution is 7.92. The van der Waals surface area contributed by atoms with E-state index in [4.69, 9.17) is 4.74 Å². The number of para-hydroxylation sites is 1. The van der Waals surface area contributed by atoms with Gasteiger partial charge in [-0.3, -0.25) is 9.52 Å². The van der Waals surface area contributed by atoms with Crippen LogP contribution in [0.3, 0.4) is 0 Å². The number of nitrogens with one attached hydrogen (secondary N) is 1. The van der Waals surface area contributed by atoms with Crippen LogP contribution in [0, 0.1) is 6.92 Å². The van der Waals surface area contributed by atoms with Crippen LogP contribution in [0.25, 0.3) is 10.8 Å². The number of phenols is 1. The Labute approximate surface area is 196 Å². The number of amides is 1. The van der Waals surface area contributed by atoms with Crippen LogP contribution in [0.2, 0.25) is 0 Å². The smallest absolute Gasteiger partial charge is 0.299 e. The summed E-state index contributed by atoms with van der Waals surface area (Å²) in [6.07, 6.45) is 0. The molecule has 8 nitrogen and oxygen atoms in total. The van der Waals surface area contributed by atoms with Gasteiger partial charge < -0.3 is 9.84 Å². The monoisotopic (exact) mass is 475 g/mol. The molecule has 34 heavy (non-hydrogen) atoms. The van der Waals surface area contributed by atoms with Crippen LogP contribution in [0.4, 0.5) is 11.4 Å². The maximum Gasteiger partial charge on any atom is 0.299 e. The van der Waals surface area contributed by atoms with E-state index in [1.807, 2.05) is 6.92 Å². The van der Waals surface area contributed by atoms with E-state index in [1.165, 1.54) is 25.3 Å². The first-order valence-electron chi connectivity index (χ1n) is 10.2. The van der Waals surface area contributed by atoms with Crippen molar-refractivity contribution < 1.29 is 23.1 Å². The number of ether oxygens (including phenoxy) is 1. The highest BCUT2D eigenvalue weighted by Gasteiger charge is 2.19. The molecule has 0 heterocycles. The number of carbonyl (C=O) groups excluding carboxylic acids is 1. The zero-order chi connectivity index (χ0) is 24.3. The van der Waals surface area contributed by atoms with Crippen LogP contribution in [0.15, 0.2) is 94.0 Å². The fraction of sp³-hybridized carbons (Fsp3) is 0.0800. The molecule has 0 unspecified atom stereocenters. The SMILES string of the molecule is COc1ccccc1C(=O)N=Nc1cc(NS(=O)(=O)c2ccc(C)cc2)c2ccccc2c1O. The second-order valence-electron chi connectivity index (χ2n) is 7.46. The van der Waals surface area contributed by atoms with E-state index in [9.17, 15) is 18.3 Å². The van der Waals surface area contributed by atoms with Gasteiger partial charge in [0.05, 0.1) is 23.3 Å². The highest BCUT2D eigenvalue weighted by atomic mass is 32.2.